The van der Waals surface area contributed by atoms with Crippen LogP contribution in [0.3, 0.4) is 0 Å². The molecule has 22 heteroatoms. The fourth-order valence-electron chi connectivity index (χ4n) is 9.93. The summed E-state index contributed by atoms with van der Waals surface area (Å²) in [6.07, 6.45) is 0.643. The highest BCUT2D eigenvalue weighted by Crippen LogP contribution is 2.30. The maximum absolute atomic E-state index is 14.5. The summed E-state index contributed by atoms with van der Waals surface area (Å²) in [6, 6.07) is 5.22. The predicted molar refractivity (Wildman–Crippen MR) is 305 cm³/mol. The number of hydrogen-bond donors (Lipinski definition) is 5. The van der Waals surface area contributed by atoms with Gasteiger partial charge in [0.25, 0.3) is 0 Å². The second kappa shape index (κ2) is 37.6. The molecule has 6 amide bonds. The van der Waals surface area contributed by atoms with Gasteiger partial charge >= 0.3 is 5.97 Å². The summed E-state index contributed by atoms with van der Waals surface area (Å²) in [4.78, 5) is 101. The van der Waals surface area contributed by atoms with Crippen LogP contribution in [0.25, 0.3) is 0 Å². The van der Waals surface area contributed by atoms with Crippen molar-refractivity contribution in [3.8, 4) is 0 Å². The molecule has 21 nitrogen and oxygen atoms in total. The quantitative estimate of drug-likeness (QED) is 0.0360. The number of likely N-dealkylation sites (tertiary alicyclic amines) is 1. The second-order valence-corrected chi connectivity index (χ2v) is 22.6. The lowest BCUT2D eigenvalue weighted by Gasteiger charge is -2.41. The maximum Gasteiger partial charge on any atom is 0.328 e. The van der Waals surface area contributed by atoms with E-state index < -0.39 is 78.5 Å². The number of nitrogens with one attached hydrogen (secondary N) is 4. The summed E-state index contributed by atoms with van der Waals surface area (Å²) in [5.41, 5.74) is 0.823. The first-order chi connectivity index (χ1) is 37.5. The Hall–Kier alpha value is -4.42. The number of benzene rings is 1. The number of ether oxygens (including phenoxy) is 6. The Bertz CT molecular complexity index is 1980. The number of carbonyl (C=O) groups is 7. The van der Waals surface area contributed by atoms with Gasteiger partial charge in [0, 0.05) is 65.8 Å². The standard InChI is InChI=1S/C57H99N7O14S/c1-16-38(7)51(63(12)56(71)49(36(3)4)61-55(70)50(37(5)6)62(10)11)45(73-13)33-47(67)64-27-21-24-44(64)52(75-15)39(8)53(68)60-43(32-41-22-19-18-20-23-41)54(69)58-26-28-76-29-30-77-57(72)40(9)59-46(66)25-31-79-35-48(74-14)78-42(17-2)34-65/h18-20,22-23,36-40,42-45,48-52,65H,16-17,21,24-35H2,1-15H3,(H,58,69)(H,59,66)(H,60,68)(H,61,70)/t38-,39+,40-,42?,43-,44-,45+,48?,49-,50-,51?,52+/m0/s1. The summed E-state index contributed by atoms with van der Waals surface area (Å²) < 4.78 is 34.0. The van der Waals surface area contributed by atoms with Crippen molar-refractivity contribution in [2.24, 2.45) is 23.7 Å². The van der Waals surface area contributed by atoms with Crippen molar-refractivity contribution >= 4 is 53.2 Å². The number of esters is 1. The van der Waals surface area contributed by atoms with Crippen LogP contribution in [0.4, 0.5) is 0 Å². The Morgan fingerprint density at radius 3 is 2.06 bits per heavy atom. The predicted octanol–water partition coefficient (Wildman–Crippen LogP) is 3.43. The molecule has 1 saturated heterocycles. The number of nitrogens with zero attached hydrogens (tertiary/aromatic N) is 3. The molecule has 0 radical (unpaired) electrons. The molecule has 2 rings (SSSR count). The van der Waals surface area contributed by atoms with Crippen molar-refractivity contribution in [1.82, 2.24) is 36.0 Å². The molecule has 1 fully saturated rings. The number of methoxy groups -OCH3 is 3. The summed E-state index contributed by atoms with van der Waals surface area (Å²) in [7, 11) is 9.96. The topological polar surface area (TPSA) is 253 Å². The summed E-state index contributed by atoms with van der Waals surface area (Å²) >= 11 is 1.45. The molecule has 1 aliphatic heterocycles. The number of aliphatic hydroxyl groups is 1. The first-order valence-electron chi connectivity index (χ1n) is 28.1. The van der Waals surface area contributed by atoms with Gasteiger partial charge in [-0.15, -0.1) is 0 Å². The van der Waals surface area contributed by atoms with Crippen molar-refractivity contribution < 1.29 is 67.1 Å². The fraction of sp³-hybridized carbons (Fsp3) is 0.772. The van der Waals surface area contributed by atoms with E-state index in [0.717, 1.165) is 5.56 Å². The Balaban J connectivity index is 2.05. The normalized spacial score (nSPS) is 17.9. The molecule has 1 heterocycles. The summed E-state index contributed by atoms with van der Waals surface area (Å²) in [5.74, 6) is -2.65. The molecule has 0 aliphatic carbocycles. The summed E-state index contributed by atoms with van der Waals surface area (Å²) in [5, 5.41) is 20.8. The van der Waals surface area contributed by atoms with E-state index in [1.807, 2.05) is 97.8 Å². The lowest BCUT2D eigenvalue weighted by Crippen LogP contribution is -2.59. The number of hydrogen-bond acceptors (Lipinski definition) is 16. The number of thioether (sulfide) groups is 1. The Morgan fingerprint density at radius 2 is 1.49 bits per heavy atom. The molecule has 0 bridgehead atoms. The van der Waals surface area contributed by atoms with E-state index in [1.165, 1.54) is 40.0 Å². The van der Waals surface area contributed by atoms with Gasteiger partial charge in [-0.25, -0.2) is 4.79 Å². The van der Waals surface area contributed by atoms with E-state index in [4.69, 9.17) is 28.4 Å². The van der Waals surface area contributed by atoms with Gasteiger partial charge in [0.15, 0.2) is 6.29 Å². The Morgan fingerprint density at radius 1 is 0.810 bits per heavy atom. The number of aliphatic hydroxyl groups excluding tert-OH is 1. The molecule has 12 atom stereocenters. The van der Waals surface area contributed by atoms with Crippen LogP contribution >= 0.6 is 11.8 Å². The van der Waals surface area contributed by atoms with Gasteiger partial charge in [-0.2, -0.15) is 11.8 Å². The van der Waals surface area contributed by atoms with Crippen LogP contribution in [0, 0.1) is 23.7 Å². The molecule has 1 aliphatic rings. The first-order valence-corrected chi connectivity index (χ1v) is 29.3. The highest BCUT2D eigenvalue weighted by atomic mass is 32.2. The average molecular weight is 1140 g/mol. The van der Waals surface area contributed by atoms with E-state index >= 15 is 0 Å². The van der Waals surface area contributed by atoms with Gasteiger partial charge in [-0.3, -0.25) is 33.7 Å². The Kier molecular flexibility index (Phi) is 33.6. The van der Waals surface area contributed by atoms with Gasteiger partial charge in [0.1, 0.15) is 24.7 Å². The number of carbonyl (C=O) groups excluding carboxylic acids is 7. The molecule has 452 valence electrons. The van der Waals surface area contributed by atoms with E-state index in [2.05, 4.69) is 21.3 Å². The molecule has 0 aromatic heterocycles. The number of likely N-dealkylation sites (N-methyl/N-ethyl adjacent to an activating group) is 2. The van der Waals surface area contributed by atoms with Crippen molar-refractivity contribution in [1.29, 1.82) is 0 Å². The molecular formula is C57H99N7O14S. The SMILES string of the molecule is CCC(CO)OC(CSCCC(=O)N[C@@H](C)C(=O)OCCOCCNC(=O)[C@H](Cc1ccccc1)NC(=O)[C@H](C)[C@@H](OC)[C@@H]1CCCN1C(=O)C[C@@H](OC)C([C@@H](C)CC)N(C)C(=O)[C@@H](NC(=O)[C@H](C(C)C)N(C)C)C(C)C)OC. The molecule has 79 heavy (non-hydrogen) atoms. The van der Waals surface area contributed by atoms with E-state index in [1.54, 1.807) is 23.8 Å². The van der Waals surface area contributed by atoms with Crippen molar-refractivity contribution in [2.75, 3.05) is 93.5 Å². The molecule has 5 N–H and O–H groups in total. The van der Waals surface area contributed by atoms with Crippen LogP contribution in [0.15, 0.2) is 30.3 Å². The van der Waals surface area contributed by atoms with Crippen LogP contribution in [0.1, 0.15) is 106 Å². The van der Waals surface area contributed by atoms with Crippen LogP contribution in [0.5, 0.6) is 0 Å². The second-order valence-electron chi connectivity index (χ2n) is 21.4. The van der Waals surface area contributed by atoms with Gasteiger partial charge in [-0.1, -0.05) is 92.1 Å². The molecule has 1 aromatic rings. The fourth-order valence-corrected chi connectivity index (χ4v) is 10.8. The minimum atomic E-state index is -0.970. The smallest absolute Gasteiger partial charge is 0.328 e. The van der Waals surface area contributed by atoms with E-state index in [0.29, 0.717) is 43.7 Å². The monoisotopic (exact) mass is 1140 g/mol. The lowest BCUT2D eigenvalue weighted by molar-refractivity contribution is -0.151. The van der Waals surface area contributed by atoms with Crippen molar-refractivity contribution in [2.45, 2.75) is 168 Å². The van der Waals surface area contributed by atoms with Gasteiger partial charge in [-0.05, 0) is 63.6 Å². The largest absolute Gasteiger partial charge is 0.462 e. The van der Waals surface area contributed by atoms with Crippen LogP contribution in [-0.2, 0) is 68.4 Å². The molecular weight excluding hydrogens is 1040 g/mol. The third-order valence-electron chi connectivity index (χ3n) is 14.6. The van der Waals surface area contributed by atoms with E-state index in [-0.39, 0.29) is 99.7 Å². The summed E-state index contributed by atoms with van der Waals surface area (Å²) in [6.45, 7) is 17.4. The zero-order chi connectivity index (χ0) is 59.4. The van der Waals surface area contributed by atoms with Crippen LogP contribution < -0.4 is 21.3 Å². The third kappa shape index (κ3) is 23.5. The van der Waals surface area contributed by atoms with Crippen molar-refractivity contribution in [3.05, 3.63) is 35.9 Å². The molecule has 0 saturated carbocycles. The maximum atomic E-state index is 14.5. The molecule has 0 spiro atoms. The van der Waals surface area contributed by atoms with E-state index in [9.17, 15) is 38.7 Å². The number of rotatable bonds is 39. The molecule has 3 unspecified atom stereocenters. The van der Waals surface area contributed by atoms with Crippen LogP contribution in [-0.4, -0.2) is 216 Å². The zero-order valence-corrected chi connectivity index (χ0v) is 50.9. The minimum Gasteiger partial charge on any atom is -0.462 e. The van der Waals surface area contributed by atoms with Crippen molar-refractivity contribution in [3.63, 3.8) is 0 Å². The zero-order valence-electron chi connectivity index (χ0n) is 50.1. The van der Waals surface area contributed by atoms with Gasteiger partial charge in [0.2, 0.25) is 35.4 Å². The highest BCUT2D eigenvalue weighted by molar-refractivity contribution is 7.99. The Labute approximate surface area is 475 Å². The minimum absolute atomic E-state index is 0.0109. The molecule has 1 aromatic carbocycles. The van der Waals surface area contributed by atoms with Crippen LogP contribution in [0.2, 0.25) is 0 Å². The number of amides is 6. The lowest BCUT2D eigenvalue weighted by atomic mass is 9.89. The van der Waals surface area contributed by atoms with Gasteiger partial charge < -0.3 is 64.6 Å². The van der Waals surface area contributed by atoms with Gasteiger partial charge in [0.05, 0.1) is 68.6 Å². The third-order valence-corrected chi connectivity index (χ3v) is 15.6. The average Bonchev–Trinajstić information content (AvgIpc) is 3.91. The first kappa shape index (κ1) is 70.7. The highest BCUT2D eigenvalue weighted by Gasteiger charge is 2.43.